The summed E-state index contributed by atoms with van der Waals surface area (Å²) in [6, 6.07) is 7.69. The molecule has 2 N–H and O–H groups in total. The van der Waals surface area contributed by atoms with E-state index in [1.54, 1.807) is 7.11 Å². The van der Waals surface area contributed by atoms with Crippen LogP contribution in [0.5, 0.6) is 11.5 Å². The van der Waals surface area contributed by atoms with Crippen molar-refractivity contribution in [3.05, 3.63) is 23.8 Å². The van der Waals surface area contributed by atoms with E-state index in [0.717, 1.165) is 29.9 Å². The fraction of sp³-hybridized carbons (Fsp3) is 0.500. The topological polar surface area (TPSA) is 68.3 Å². The van der Waals surface area contributed by atoms with Gasteiger partial charge in [0, 0.05) is 24.1 Å². The molecule has 1 unspecified atom stereocenters. The molecular weight excluding hydrogens is 228 g/mol. The summed E-state index contributed by atoms with van der Waals surface area (Å²) < 4.78 is 10.9. The molecule has 0 spiro atoms. The summed E-state index contributed by atoms with van der Waals surface area (Å²) in [6.07, 6.45) is 2.29. The summed E-state index contributed by atoms with van der Waals surface area (Å²) in [6.45, 7) is 2.51. The van der Waals surface area contributed by atoms with Crippen LogP contribution in [0.25, 0.3) is 0 Å². The van der Waals surface area contributed by atoms with Gasteiger partial charge in [-0.25, -0.2) is 0 Å². The molecule has 4 heteroatoms. The van der Waals surface area contributed by atoms with Gasteiger partial charge < -0.3 is 15.2 Å². The van der Waals surface area contributed by atoms with Crippen molar-refractivity contribution in [1.29, 1.82) is 5.26 Å². The lowest BCUT2D eigenvalue weighted by Crippen LogP contribution is -2.09. The maximum atomic E-state index is 8.44. The molecule has 1 rings (SSSR count). The van der Waals surface area contributed by atoms with Gasteiger partial charge >= 0.3 is 0 Å². The second-order valence-corrected chi connectivity index (χ2v) is 4.16. The Bertz CT molecular complexity index is 411. The minimum Gasteiger partial charge on any atom is -0.497 e. The van der Waals surface area contributed by atoms with Crippen LogP contribution in [0.4, 0.5) is 0 Å². The van der Waals surface area contributed by atoms with Crippen molar-refractivity contribution in [1.82, 2.24) is 0 Å². The van der Waals surface area contributed by atoms with E-state index in [2.05, 4.69) is 6.07 Å². The van der Waals surface area contributed by atoms with Crippen LogP contribution in [0, 0.1) is 11.3 Å². The number of nitriles is 1. The molecule has 1 aromatic rings. The number of unbranched alkanes of at least 4 members (excludes halogenated alkanes) is 2. The monoisotopic (exact) mass is 248 g/mol. The molecule has 0 heterocycles. The van der Waals surface area contributed by atoms with Crippen LogP contribution in [-0.4, -0.2) is 13.7 Å². The normalized spacial score (nSPS) is 11.7. The quantitative estimate of drug-likeness (QED) is 0.753. The van der Waals surface area contributed by atoms with Crippen LogP contribution in [0.2, 0.25) is 0 Å². The molecular formula is C14H20N2O2. The number of nitrogens with two attached hydrogens (primary N) is 1. The average Bonchev–Trinajstić information content (AvgIpc) is 2.38. The minimum absolute atomic E-state index is 0.0787. The van der Waals surface area contributed by atoms with E-state index in [1.165, 1.54) is 0 Å². The van der Waals surface area contributed by atoms with E-state index in [0.29, 0.717) is 13.0 Å². The van der Waals surface area contributed by atoms with Gasteiger partial charge in [0.2, 0.25) is 0 Å². The number of hydrogen-bond donors (Lipinski definition) is 1. The number of methoxy groups -OCH3 is 1. The van der Waals surface area contributed by atoms with Crippen LogP contribution in [0.3, 0.4) is 0 Å². The van der Waals surface area contributed by atoms with Crippen molar-refractivity contribution in [3.8, 4) is 17.6 Å². The van der Waals surface area contributed by atoms with Crippen molar-refractivity contribution in [2.24, 2.45) is 5.73 Å². The number of benzene rings is 1. The number of ether oxygens (including phenoxy) is 2. The van der Waals surface area contributed by atoms with Gasteiger partial charge in [-0.15, -0.1) is 0 Å². The molecule has 0 fully saturated rings. The highest BCUT2D eigenvalue weighted by atomic mass is 16.5. The van der Waals surface area contributed by atoms with E-state index in [1.807, 2.05) is 25.1 Å². The van der Waals surface area contributed by atoms with E-state index in [-0.39, 0.29) is 6.04 Å². The van der Waals surface area contributed by atoms with Crippen molar-refractivity contribution in [2.75, 3.05) is 13.7 Å². The standard InChI is InChI=1S/C14H20N2O2/c1-11(16)13-7-6-12(17-2)10-14(13)18-9-5-3-4-8-15/h6-7,10-11H,3-5,9,16H2,1-2H3. The predicted molar refractivity (Wildman–Crippen MR) is 70.6 cm³/mol. The third kappa shape index (κ3) is 4.27. The largest absolute Gasteiger partial charge is 0.497 e. The first-order valence-electron chi connectivity index (χ1n) is 6.12. The zero-order valence-corrected chi connectivity index (χ0v) is 11.0. The Balaban J connectivity index is 2.63. The van der Waals surface area contributed by atoms with Crippen LogP contribution in [0.1, 0.15) is 37.8 Å². The predicted octanol–water partition coefficient (Wildman–Crippen LogP) is 2.79. The van der Waals surface area contributed by atoms with Gasteiger partial charge in [0.1, 0.15) is 11.5 Å². The molecule has 0 saturated heterocycles. The summed E-state index contributed by atoms with van der Waals surface area (Å²) in [7, 11) is 1.62. The molecule has 0 radical (unpaired) electrons. The molecule has 4 nitrogen and oxygen atoms in total. The smallest absolute Gasteiger partial charge is 0.127 e. The molecule has 1 atom stereocenters. The summed E-state index contributed by atoms with van der Waals surface area (Å²) in [5.74, 6) is 1.52. The molecule has 0 aliphatic carbocycles. The van der Waals surface area contributed by atoms with Crippen LogP contribution in [0.15, 0.2) is 18.2 Å². The highest BCUT2D eigenvalue weighted by molar-refractivity contribution is 5.42. The summed E-state index contributed by atoms with van der Waals surface area (Å²) in [4.78, 5) is 0. The van der Waals surface area contributed by atoms with E-state index in [4.69, 9.17) is 20.5 Å². The molecule has 0 saturated carbocycles. The number of hydrogen-bond acceptors (Lipinski definition) is 4. The minimum atomic E-state index is -0.0787. The maximum absolute atomic E-state index is 8.44. The van der Waals surface area contributed by atoms with Crippen molar-refractivity contribution in [3.63, 3.8) is 0 Å². The third-order valence-corrected chi connectivity index (χ3v) is 2.65. The van der Waals surface area contributed by atoms with E-state index in [9.17, 15) is 0 Å². The number of rotatable bonds is 7. The maximum Gasteiger partial charge on any atom is 0.127 e. The van der Waals surface area contributed by atoms with Gasteiger partial charge in [0.15, 0.2) is 0 Å². The zero-order valence-electron chi connectivity index (χ0n) is 11.0. The Morgan fingerprint density at radius 1 is 1.39 bits per heavy atom. The lowest BCUT2D eigenvalue weighted by Gasteiger charge is -2.15. The molecule has 0 aromatic heterocycles. The summed E-state index contributed by atoms with van der Waals surface area (Å²) in [5.41, 5.74) is 6.86. The fourth-order valence-electron chi connectivity index (χ4n) is 1.63. The molecule has 1 aromatic carbocycles. The van der Waals surface area contributed by atoms with Gasteiger partial charge in [0.05, 0.1) is 19.8 Å². The average molecular weight is 248 g/mol. The first-order chi connectivity index (χ1) is 8.69. The Labute approximate surface area is 108 Å². The van der Waals surface area contributed by atoms with Crippen molar-refractivity contribution in [2.45, 2.75) is 32.2 Å². The van der Waals surface area contributed by atoms with Crippen LogP contribution in [-0.2, 0) is 0 Å². The van der Waals surface area contributed by atoms with Gasteiger partial charge in [-0.1, -0.05) is 6.07 Å². The lowest BCUT2D eigenvalue weighted by molar-refractivity contribution is 0.301. The summed E-state index contributed by atoms with van der Waals surface area (Å²) >= 11 is 0. The highest BCUT2D eigenvalue weighted by Gasteiger charge is 2.09. The second-order valence-electron chi connectivity index (χ2n) is 4.16. The van der Waals surface area contributed by atoms with Crippen molar-refractivity contribution < 1.29 is 9.47 Å². The first kappa shape index (κ1) is 14.3. The van der Waals surface area contributed by atoms with Gasteiger partial charge in [-0.05, 0) is 25.8 Å². The SMILES string of the molecule is COc1ccc(C(C)N)c(OCCCCC#N)c1. The molecule has 18 heavy (non-hydrogen) atoms. The van der Waals surface area contributed by atoms with Gasteiger partial charge in [-0.2, -0.15) is 5.26 Å². The Kier molecular flexibility index (Phi) is 6.03. The highest BCUT2D eigenvalue weighted by Crippen LogP contribution is 2.28. The molecule has 0 aliphatic rings. The Morgan fingerprint density at radius 2 is 2.17 bits per heavy atom. The number of nitrogens with zero attached hydrogens (tertiary/aromatic N) is 1. The summed E-state index contributed by atoms with van der Waals surface area (Å²) in [5, 5.41) is 8.44. The second kappa shape index (κ2) is 7.57. The molecule has 0 amide bonds. The van der Waals surface area contributed by atoms with E-state index < -0.39 is 0 Å². The van der Waals surface area contributed by atoms with E-state index >= 15 is 0 Å². The van der Waals surface area contributed by atoms with Crippen molar-refractivity contribution >= 4 is 0 Å². The molecule has 0 bridgehead atoms. The van der Waals surface area contributed by atoms with Gasteiger partial charge in [-0.3, -0.25) is 0 Å². The molecule has 98 valence electrons. The Hall–Kier alpha value is -1.73. The zero-order chi connectivity index (χ0) is 13.4. The van der Waals surface area contributed by atoms with Gasteiger partial charge in [0.25, 0.3) is 0 Å². The van der Waals surface area contributed by atoms with Crippen LogP contribution < -0.4 is 15.2 Å². The third-order valence-electron chi connectivity index (χ3n) is 2.65. The van der Waals surface area contributed by atoms with Crippen LogP contribution >= 0.6 is 0 Å². The molecule has 0 aliphatic heterocycles. The Morgan fingerprint density at radius 3 is 2.78 bits per heavy atom. The fourth-order valence-corrected chi connectivity index (χ4v) is 1.63. The first-order valence-corrected chi connectivity index (χ1v) is 6.12. The lowest BCUT2D eigenvalue weighted by atomic mass is 10.1.